The van der Waals surface area contributed by atoms with Gasteiger partial charge in [0.25, 0.3) is 5.91 Å². The summed E-state index contributed by atoms with van der Waals surface area (Å²) in [6.07, 6.45) is 2.98. The van der Waals surface area contributed by atoms with Crippen molar-refractivity contribution in [3.05, 3.63) is 75.0 Å². The van der Waals surface area contributed by atoms with Gasteiger partial charge in [-0.05, 0) is 84.2 Å². The first-order valence-corrected chi connectivity index (χ1v) is 14.2. The van der Waals surface area contributed by atoms with Crippen LogP contribution in [0.3, 0.4) is 0 Å². The number of unbranched alkanes of at least 4 members (excludes halogenated alkanes) is 1. The Balaban J connectivity index is 1.78. The molecule has 5 nitrogen and oxygen atoms in total. The number of nitrogens with one attached hydrogen (secondary N) is 1. The summed E-state index contributed by atoms with van der Waals surface area (Å²) in [5.41, 5.74) is 6.25. The minimum Gasteiger partial charge on any atom is -0.485 e. The first-order chi connectivity index (χ1) is 18.0. The molecule has 6 heteroatoms. The molecular formula is C32H41NO4S. The summed E-state index contributed by atoms with van der Waals surface area (Å²) in [6, 6.07) is 16.9. The van der Waals surface area contributed by atoms with E-state index in [1.165, 1.54) is 46.3 Å². The minimum atomic E-state index is -0.344. The molecule has 2 aromatic carbocycles. The number of aryl methyl sites for hydroxylation is 2. The Morgan fingerprint density at radius 2 is 1.66 bits per heavy atom. The van der Waals surface area contributed by atoms with Crippen LogP contribution >= 0.6 is 11.3 Å². The number of carbonyl (C=O) groups is 2. The number of ether oxygens (including phenoxy) is 2. The highest BCUT2D eigenvalue weighted by Gasteiger charge is 2.20. The van der Waals surface area contributed by atoms with Crippen molar-refractivity contribution in [3.8, 4) is 16.9 Å². The van der Waals surface area contributed by atoms with Crippen LogP contribution in [0.25, 0.3) is 11.1 Å². The van der Waals surface area contributed by atoms with Gasteiger partial charge in [0.05, 0.1) is 18.4 Å². The van der Waals surface area contributed by atoms with Crippen molar-refractivity contribution in [2.45, 2.75) is 78.7 Å². The number of thiophene rings is 1. The molecule has 1 amide bonds. The van der Waals surface area contributed by atoms with Crippen LogP contribution in [0.5, 0.6) is 5.75 Å². The number of benzene rings is 2. The Kier molecular flexibility index (Phi) is 10.1. The fourth-order valence-electron chi connectivity index (χ4n) is 4.51. The van der Waals surface area contributed by atoms with E-state index in [4.69, 9.17) is 4.74 Å². The number of methoxy groups -OCH3 is 1. The van der Waals surface area contributed by atoms with E-state index in [0.29, 0.717) is 4.88 Å². The first-order valence-electron chi connectivity index (χ1n) is 13.4. The third-order valence-corrected chi connectivity index (χ3v) is 7.83. The lowest BCUT2D eigenvalue weighted by atomic mass is 9.85. The van der Waals surface area contributed by atoms with Crippen molar-refractivity contribution in [1.82, 2.24) is 5.32 Å². The van der Waals surface area contributed by atoms with Gasteiger partial charge in [-0.1, -0.05) is 58.4 Å². The third kappa shape index (κ3) is 7.70. The van der Waals surface area contributed by atoms with Gasteiger partial charge in [0.15, 0.2) is 0 Å². The largest absolute Gasteiger partial charge is 0.485 e. The molecule has 0 unspecified atom stereocenters. The Bertz CT molecular complexity index is 1210. The molecule has 0 aliphatic heterocycles. The zero-order valence-electron chi connectivity index (χ0n) is 23.8. The highest BCUT2D eigenvalue weighted by molar-refractivity contribution is 7.14. The normalized spacial score (nSPS) is 12.2. The molecule has 1 aromatic heterocycles. The van der Waals surface area contributed by atoms with Crippen LogP contribution in [-0.2, 0) is 14.9 Å². The Morgan fingerprint density at radius 1 is 1.00 bits per heavy atom. The van der Waals surface area contributed by atoms with Crippen molar-refractivity contribution in [1.29, 1.82) is 0 Å². The summed E-state index contributed by atoms with van der Waals surface area (Å²) in [6.45, 7) is 13.4. The summed E-state index contributed by atoms with van der Waals surface area (Å²) < 4.78 is 11.2. The first kappa shape index (κ1) is 29.4. The average Bonchev–Trinajstić information content (AvgIpc) is 3.36. The van der Waals surface area contributed by atoms with Gasteiger partial charge in [0.1, 0.15) is 11.9 Å². The van der Waals surface area contributed by atoms with E-state index in [9.17, 15) is 9.59 Å². The van der Waals surface area contributed by atoms with Gasteiger partial charge in [-0.2, -0.15) is 0 Å². The second kappa shape index (κ2) is 13.1. The monoisotopic (exact) mass is 535 g/mol. The summed E-state index contributed by atoms with van der Waals surface area (Å²) in [7, 11) is 1.34. The molecule has 0 fully saturated rings. The lowest BCUT2D eigenvalue weighted by molar-refractivity contribution is -0.140. The molecule has 0 aliphatic carbocycles. The van der Waals surface area contributed by atoms with Crippen LogP contribution in [0.2, 0.25) is 0 Å². The molecule has 0 spiro atoms. The molecule has 0 radical (unpaired) electrons. The van der Waals surface area contributed by atoms with Crippen molar-refractivity contribution < 1.29 is 19.1 Å². The van der Waals surface area contributed by atoms with Gasteiger partial charge in [-0.3, -0.25) is 9.59 Å². The number of hydrogen-bond donors (Lipinski definition) is 1. The number of esters is 1. The van der Waals surface area contributed by atoms with Crippen LogP contribution in [-0.4, -0.2) is 25.5 Å². The lowest BCUT2D eigenvalue weighted by Crippen LogP contribution is -2.25. The van der Waals surface area contributed by atoms with Gasteiger partial charge in [0.2, 0.25) is 0 Å². The molecule has 0 saturated heterocycles. The summed E-state index contributed by atoms with van der Waals surface area (Å²) >= 11 is 1.44. The summed E-state index contributed by atoms with van der Waals surface area (Å²) in [4.78, 5) is 25.5. The molecule has 1 heterocycles. The zero-order valence-corrected chi connectivity index (χ0v) is 24.6. The summed E-state index contributed by atoms with van der Waals surface area (Å²) in [5.74, 6) is 0.310. The number of carbonyl (C=O) groups excluding carboxylic acids is 2. The van der Waals surface area contributed by atoms with Crippen molar-refractivity contribution in [2.75, 3.05) is 13.7 Å². The van der Waals surface area contributed by atoms with Crippen molar-refractivity contribution in [2.24, 2.45) is 0 Å². The summed E-state index contributed by atoms with van der Waals surface area (Å²) in [5, 5.41) is 2.79. The van der Waals surface area contributed by atoms with E-state index in [2.05, 4.69) is 88.0 Å². The molecule has 0 bridgehead atoms. The van der Waals surface area contributed by atoms with Crippen LogP contribution in [0.4, 0.5) is 0 Å². The van der Waals surface area contributed by atoms with Crippen molar-refractivity contribution >= 4 is 23.2 Å². The molecule has 0 saturated carbocycles. The van der Waals surface area contributed by atoms with E-state index >= 15 is 0 Å². The Hall–Kier alpha value is -3.12. The van der Waals surface area contributed by atoms with Gasteiger partial charge in [-0.25, -0.2) is 0 Å². The predicted molar refractivity (Wildman–Crippen MR) is 156 cm³/mol. The van der Waals surface area contributed by atoms with Crippen molar-refractivity contribution in [3.63, 3.8) is 0 Å². The maximum atomic E-state index is 12.6. The van der Waals surface area contributed by atoms with Crippen LogP contribution < -0.4 is 10.1 Å². The second-order valence-corrected chi connectivity index (χ2v) is 11.9. The highest BCUT2D eigenvalue weighted by Crippen LogP contribution is 2.36. The van der Waals surface area contributed by atoms with E-state index in [1.54, 1.807) is 0 Å². The number of hydrogen-bond acceptors (Lipinski definition) is 5. The minimum absolute atomic E-state index is 0.124. The smallest absolute Gasteiger partial charge is 0.307 e. The maximum Gasteiger partial charge on any atom is 0.307 e. The molecule has 0 aliphatic rings. The SMILES string of the molecule is CCCC[C@@H](Oc1cc(C)c(-c2ccc(C(C)(C)C)cc2)c(C)c1)c1ccc(C(=O)NCCC(=O)OC)s1. The molecule has 1 N–H and O–H groups in total. The molecule has 38 heavy (non-hydrogen) atoms. The van der Waals surface area contributed by atoms with Gasteiger partial charge < -0.3 is 14.8 Å². The standard InChI is InChI=1S/C32H41NO4S/c1-8-9-10-26(27-15-16-28(38-27)31(35)33-18-17-29(34)36-7)37-25-19-21(2)30(22(3)20-25)23-11-13-24(14-12-23)32(4,5)6/h11-16,19-20,26H,8-10,17-18H2,1-7H3,(H,33,35)/t26-/m1/s1. The fraction of sp³-hybridized carbons (Fsp3) is 0.438. The number of rotatable bonds is 11. The molecule has 3 aromatic rings. The average molecular weight is 536 g/mol. The topological polar surface area (TPSA) is 64.6 Å². The van der Waals surface area contributed by atoms with Gasteiger partial charge >= 0.3 is 5.97 Å². The molecular weight excluding hydrogens is 494 g/mol. The van der Waals surface area contributed by atoms with E-state index < -0.39 is 0 Å². The highest BCUT2D eigenvalue weighted by atomic mass is 32.1. The van der Waals surface area contributed by atoms with Crippen LogP contribution in [0.15, 0.2) is 48.5 Å². The van der Waals surface area contributed by atoms with Crippen LogP contribution in [0, 0.1) is 13.8 Å². The quantitative estimate of drug-likeness (QED) is 0.253. The number of amides is 1. The lowest BCUT2D eigenvalue weighted by Gasteiger charge is -2.21. The predicted octanol–water partition coefficient (Wildman–Crippen LogP) is 7.93. The maximum absolute atomic E-state index is 12.6. The fourth-order valence-corrected chi connectivity index (χ4v) is 5.50. The van der Waals surface area contributed by atoms with Gasteiger partial charge in [0, 0.05) is 11.4 Å². The molecule has 204 valence electrons. The zero-order chi connectivity index (χ0) is 27.9. The van der Waals surface area contributed by atoms with E-state index in [-0.39, 0.29) is 36.4 Å². The second-order valence-electron chi connectivity index (χ2n) is 10.8. The van der Waals surface area contributed by atoms with E-state index in [0.717, 1.165) is 29.9 Å². The Morgan fingerprint density at radius 3 is 2.24 bits per heavy atom. The van der Waals surface area contributed by atoms with Gasteiger partial charge in [-0.15, -0.1) is 11.3 Å². The van der Waals surface area contributed by atoms with Crippen LogP contribution in [0.1, 0.15) is 90.7 Å². The molecule has 1 atom stereocenters. The Labute approximate surface area is 231 Å². The third-order valence-electron chi connectivity index (χ3n) is 6.65. The molecule has 3 rings (SSSR count). The van der Waals surface area contributed by atoms with E-state index in [1.807, 2.05) is 12.1 Å².